The lowest BCUT2D eigenvalue weighted by Gasteiger charge is -2.30. The summed E-state index contributed by atoms with van der Waals surface area (Å²) in [6.07, 6.45) is 7.54. The lowest BCUT2D eigenvalue weighted by atomic mass is 10.0. The molecule has 0 amide bonds. The van der Waals surface area contributed by atoms with Gasteiger partial charge in [-0.05, 0) is 43.0 Å². The van der Waals surface area contributed by atoms with Crippen molar-refractivity contribution < 1.29 is 0 Å². The molecule has 1 N–H and O–H groups in total. The number of nitrogens with one attached hydrogen (secondary N) is 1. The predicted octanol–water partition coefficient (Wildman–Crippen LogP) is 3.57. The van der Waals surface area contributed by atoms with E-state index in [1.807, 2.05) is 29.7 Å². The minimum Gasteiger partial charge on any atom is -0.310 e. The van der Waals surface area contributed by atoms with Crippen LogP contribution in [0.3, 0.4) is 0 Å². The van der Waals surface area contributed by atoms with E-state index in [-0.39, 0.29) is 0 Å². The molecule has 0 aliphatic carbocycles. The van der Waals surface area contributed by atoms with Gasteiger partial charge in [-0.2, -0.15) is 5.10 Å². The van der Waals surface area contributed by atoms with Crippen LogP contribution >= 0.6 is 11.8 Å². The van der Waals surface area contributed by atoms with Gasteiger partial charge in [0.1, 0.15) is 0 Å². The Bertz CT molecular complexity index is 593. The fourth-order valence-electron chi connectivity index (χ4n) is 2.96. The molecule has 0 unspecified atom stereocenters. The minimum absolute atomic E-state index is 0.506. The number of thioether (sulfide) groups is 1. The fraction of sp³-hybridized carbons (Fsp3) is 0.471. The number of hydrogen-bond acceptors (Lipinski definition) is 3. The second-order valence-electron chi connectivity index (χ2n) is 5.83. The lowest BCUT2D eigenvalue weighted by Crippen LogP contribution is -2.28. The van der Waals surface area contributed by atoms with Crippen LogP contribution < -0.4 is 5.32 Å². The van der Waals surface area contributed by atoms with Gasteiger partial charge in [0.05, 0.1) is 6.20 Å². The molecule has 3 nitrogen and oxygen atoms in total. The number of fused-ring (bicyclic) bond motifs is 1. The summed E-state index contributed by atoms with van der Waals surface area (Å²) < 4.78 is 1.87. The van der Waals surface area contributed by atoms with Gasteiger partial charge in [-0.25, -0.2) is 0 Å². The van der Waals surface area contributed by atoms with E-state index in [9.17, 15) is 0 Å². The van der Waals surface area contributed by atoms with E-state index in [1.165, 1.54) is 22.4 Å². The number of rotatable bonds is 5. The number of aryl methyl sites for hydroxylation is 2. The third kappa shape index (κ3) is 3.69. The van der Waals surface area contributed by atoms with Crippen molar-refractivity contribution in [2.24, 2.45) is 7.05 Å². The largest absolute Gasteiger partial charge is 0.310 e. The number of benzene rings is 1. The van der Waals surface area contributed by atoms with Crippen molar-refractivity contribution in [3.8, 4) is 0 Å². The van der Waals surface area contributed by atoms with Gasteiger partial charge in [-0.1, -0.05) is 25.1 Å². The van der Waals surface area contributed by atoms with Gasteiger partial charge in [0.15, 0.2) is 0 Å². The van der Waals surface area contributed by atoms with Gasteiger partial charge in [-0.3, -0.25) is 4.68 Å². The Morgan fingerprint density at radius 1 is 1.38 bits per heavy atom. The summed E-state index contributed by atoms with van der Waals surface area (Å²) in [6, 6.07) is 9.32. The normalized spacial score (nSPS) is 21.2. The van der Waals surface area contributed by atoms with Crippen LogP contribution in [0.15, 0.2) is 41.6 Å². The fourth-order valence-corrected chi connectivity index (χ4v) is 4.19. The molecule has 1 aliphatic rings. The first kappa shape index (κ1) is 14.7. The average Bonchev–Trinajstić information content (AvgIpc) is 2.89. The zero-order chi connectivity index (χ0) is 14.7. The maximum absolute atomic E-state index is 4.22. The summed E-state index contributed by atoms with van der Waals surface area (Å²) in [4.78, 5) is 1.45. The van der Waals surface area contributed by atoms with Crippen LogP contribution in [-0.2, 0) is 13.5 Å². The molecule has 112 valence electrons. The van der Waals surface area contributed by atoms with Crippen molar-refractivity contribution >= 4 is 11.8 Å². The zero-order valence-electron chi connectivity index (χ0n) is 12.7. The molecule has 2 heterocycles. The van der Waals surface area contributed by atoms with Gasteiger partial charge < -0.3 is 5.32 Å². The van der Waals surface area contributed by atoms with Crippen LogP contribution in [0.1, 0.15) is 36.9 Å². The molecule has 2 atom stereocenters. The summed E-state index contributed by atoms with van der Waals surface area (Å²) in [5, 5.41) is 8.65. The minimum atomic E-state index is 0.506. The Balaban J connectivity index is 1.53. The Labute approximate surface area is 131 Å². The standard InChI is InChI=1S/C17H23N3S/c1-13-10-16(15-7-3-4-8-17(15)21-13)18-9-5-6-14-11-19-20(2)12-14/h3-4,7-8,11-13,16,18H,5-6,9-10H2,1-2H3/t13-,16-/m1/s1. The molecule has 0 spiro atoms. The topological polar surface area (TPSA) is 29.9 Å². The second-order valence-corrected chi connectivity index (χ2v) is 7.31. The van der Waals surface area contributed by atoms with E-state index in [0.717, 1.165) is 19.4 Å². The molecule has 1 aromatic carbocycles. The highest BCUT2D eigenvalue weighted by molar-refractivity contribution is 8.00. The van der Waals surface area contributed by atoms with Crippen LogP contribution in [0, 0.1) is 0 Å². The summed E-state index contributed by atoms with van der Waals surface area (Å²) in [5.74, 6) is 0. The Kier molecular flexibility index (Phi) is 4.66. The van der Waals surface area contributed by atoms with Crippen LogP contribution in [0.5, 0.6) is 0 Å². The second kappa shape index (κ2) is 6.67. The Morgan fingerprint density at radius 2 is 2.24 bits per heavy atom. The van der Waals surface area contributed by atoms with Crippen LogP contribution in [0.4, 0.5) is 0 Å². The Morgan fingerprint density at radius 3 is 3.05 bits per heavy atom. The van der Waals surface area contributed by atoms with Gasteiger partial charge in [0.2, 0.25) is 0 Å². The van der Waals surface area contributed by atoms with E-state index < -0.39 is 0 Å². The van der Waals surface area contributed by atoms with Gasteiger partial charge in [0, 0.05) is 29.4 Å². The van der Waals surface area contributed by atoms with Crippen molar-refractivity contribution in [1.82, 2.24) is 15.1 Å². The summed E-state index contributed by atoms with van der Waals surface area (Å²) in [7, 11) is 1.97. The molecular weight excluding hydrogens is 278 g/mol. The molecule has 0 fully saturated rings. The number of aromatic nitrogens is 2. The molecular formula is C17H23N3S. The average molecular weight is 301 g/mol. The molecule has 1 aliphatic heterocycles. The van der Waals surface area contributed by atoms with Crippen molar-refractivity contribution in [1.29, 1.82) is 0 Å². The van der Waals surface area contributed by atoms with Crippen LogP contribution in [-0.4, -0.2) is 21.6 Å². The summed E-state index contributed by atoms with van der Waals surface area (Å²) in [6.45, 7) is 3.39. The zero-order valence-corrected chi connectivity index (χ0v) is 13.6. The lowest BCUT2D eigenvalue weighted by molar-refractivity contribution is 0.480. The van der Waals surface area contributed by atoms with Crippen LogP contribution in [0.25, 0.3) is 0 Å². The predicted molar refractivity (Wildman–Crippen MR) is 88.7 cm³/mol. The van der Waals surface area contributed by atoms with Crippen molar-refractivity contribution in [2.75, 3.05) is 6.54 Å². The quantitative estimate of drug-likeness (QED) is 0.856. The summed E-state index contributed by atoms with van der Waals surface area (Å²) in [5.41, 5.74) is 2.80. The Hall–Kier alpha value is -1.26. The van der Waals surface area contributed by atoms with Crippen LogP contribution in [0.2, 0.25) is 0 Å². The van der Waals surface area contributed by atoms with E-state index in [1.54, 1.807) is 0 Å². The molecule has 2 aromatic rings. The number of hydrogen-bond donors (Lipinski definition) is 1. The molecule has 21 heavy (non-hydrogen) atoms. The molecule has 0 radical (unpaired) electrons. The van der Waals surface area contributed by atoms with E-state index >= 15 is 0 Å². The monoisotopic (exact) mass is 301 g/mol. The molecule has 0 bridgehead atoms. The highest BCUT2D eigenvalue weighted by atomic mass is 32.2. The molecule has 4 heteroatoms. The summed E-state index contributed by atoms with van der Waals surface area (Å²) >= 11 is 2.00. The highest BCUT2D eigenvalue weighted by Crippen LogP contribution is 2.40. The number of nitrogens with zero attached hydrogens (tertiary/aromatic N) is 2. The first-order valence-electron chi connectivity index (χ1n) is 7.69. The highest BCUT2D eigenvalue weighted by Gasteiger charge is 2.24. The van der Waals surface area contributed by atoms with E-state index in [2.05, 4.69) is 47.8 Å². The van der Waals surface area contributed by atoms with Gasteiger partial charge in [0.25, 0.3) is 0 Å². The van der Waals surface area contributed by atoms with Crippen molar-refractivity contribution in [3.63, 3.8) is 0 Å². The first-order chi connectivity index (χ1) is 10.2. The maximum Gasteiger partial charge on any atom is 0.0521 e. The van der Waals surface area contributed by atoms with Gasteiger partial charge >= 0.3 is 0 Å². The van der Waals surface area contributed by atoms with E-state index in [0.29, 0.717) is 11.3 Å². The van der Waals surface area contributed by atoms with E-state index in [4.69, 9.17) is 0 Å². The molecule has 3 rings (SSSR count). The third-order valence-corrected chi connectivity index (χ3v) is 5.20. The molecule has 0 saturated heterocycles. The van der Waals surface area contributed by atoms with Crippen molar-refractivity contribution in [3.05, 3.63) is 47.8 Å². The third-order valence-electron chi connectivity index (χ3n) is 3.98. The SMILES string of the molecule is C[C@@H]1C[C@@H](NCCCc2cnn(C)c2)c2ccccc2S1. The van der Waals surface area contributed by atoms with Gasteiger partial charge in [-0.15, -0.1) is 11.8 Å². The van der Waals surface area contributed by atoms with Crippen molar-refractivity contribution in [2.45, 2.75) is 42.4 Å². The molecule has 1 aromatic heterocycles. The molecule has 0 saturated carbocycles. The maximum atomic E-state index is 4.22. The first-order valence-corrected chi connectivity index (χ1v) is 8.57. The smallest absolute Gasteiger partial charge is 0.0521 e.